The first-order chi connectivity index (χ1) is 11.5. The van der Waals surface area contributed by atoms with E-state index in [1.165, 1.54) is 6.92 Å². The fourth-order valence-electron chi connectivity index (χ4n) is 2.43. The van der Waals surface area contributed by atoms with Crippen LogP contribution in [-0.2, 0) is 16.1 Å². The summed E-state index contributed by atoms with van der Waals surface area (Å²) in [6.07, 6.45) is 0. The van der Waals surface area contributed by atoms with Crippen molar-refractivity contribution in [1.29, 1.82) is 0 Å². The Morgan fingerprint density at radius 3 is 2.21 bits per heavy atom. The van der Waals surface area contributed by atoms with Crippen LogP contribution < -0.4 is 10.6 Å². The highest BCUT2D eigenvalue weighted by atomic mass is 16.2. The van der Waals surface area contributed by atoms with Gasteiger partial charge in [0.05, 0.1) is 6.54 Å². The predicted molar refractivity (Wildman–Crippen MR) is 90.4 cm³/mol. The molecule has 1 saturated heterocycles. The maximum Gasteiger partial charge on any atom is 0.253 e. The minimum absolute atomic E-state index is 0.0324. The minimum Gasteiger partial charge on any atom is -0.350 e. The van der Waals surface area contributed by atoms with Crippen molar-refractivity contribution >= 4 is 17.7 Å². The molecule has 0 aliphatic carbocycles. The van der Waals surface area contributed by atoms with Gasteiger partial charge in [0, 0.05) is 45.2 Å². The van der Waals surface area contributed by atoms with Gasteiger partial charge in [-0.25, -0.2) is 0 Å². The van der Waals surface area contributed by atoms with Crippen molar-refractivity contribution in [2.75, 3.05) is 39.8 Å². The van der Waals surface area contributed by atoms with Crippen LogP contribution in [0.15, 0.2) is 24.3 Å². The maximum atomic E-state index is 12.4. The molecule has 0 saturated carbocycles. The van der Waals surface area contributed by atoms with Gasteiger partial charge in [-0.15, -0.1) is 0 Å². The molecule has 130 valence electrons. The van der Waals surface area contributed by atoms with E-state index in [9.17, 15) is 14.4 Å². The lowest BCUT2D eigenvalue weighted by molar-refractivity contribution is -0.125. The van der Waals surface area contributed by atoms with Gasteiger partial charge in [0.25, 0.3) is 5.91 Å². The monoisotopic (exact) mass is 332 g/mol. The first-order valence-corrected chi connectivity index (χ1v) is 8.03. The Morgan fingerprint density at radius 1 is 1.00 bits per heavy atom. The van der Waals surface area contributed by atoms with Gasteiger partial charge >= 0.3 is 0 Å². The molecule has 0 unspecified atom stereocenters. The second kappa shape index (κ2) is 8.44. The van der Waals surface area contributed by atoms with Crippen molar-refractivity contribution in [3.63, 3.8) is 0 Å². The summed E-state index contributed by atoms with van der Waals surface area (Å²) in [5, 5.41) is 5.16. The molecule has 7 nitrogen and oxygen atoms in total. The largest absolute Gasteiger partial charge is 0.350 e. The number of amides is 3. The molecule has 0 atom stereocenters. The van der Waals surface area contributed by atoms with Crippen LogP contribution in [0.4, 0.5) is 0 Å². The molecule has 1 aromatic rings. The normalized spacial score (nSPS) is 15.0. The third-order valence-electron chi connectivity index (χ3n) is 3.98. The summed E-state index contributed by atoms with van der Waals surface area (Å²) < 4.78 is 0. The Labute approximate surface area is 142 Å². The number of nitrogens with zero attached hydrogens (tertiary/aromatic N) is 2. The summed E-state index contributed by atoms with van der Waals surface area (Å²) in [5.41, 5.74) is 1.56. The van der Waals surface area contributed by atoms with Gasteiger partial charge in [0.15, 0.2) is 0 Å². The Balaban J connectivity index is 1.83. The molecule has 1 heterocycles. The molecule has 3 amide bonds. The Bertz CT molecular complexity index is 592. The molecule has 0 aromatic heterocycles. The number of benzene rings is 1. The lowest BCUT2D eigenvalue weighted by atomic mass is 10.1. The molecule has 1 aliphatic heterocycles. The standard InChI is InChI=1S/C17H24N4O3/c1-13(22)18-12-16(23)19-11-14-3-5-15(6-4-14)17(24)21-9-7-20(2)8-10-21/h3-6H,7-12H2,1-2H3,(H,18,22)(H,19,23). The number of carbonyl (C=O) groups excluding carboxylic acids is 3. The highest BCUT2D eigenvalue weighted by molar-refractivity contribution is 5.94. The van der Waals surface area contributed by atoms with E-state index < -0.39 is 0 Å². The molecular weight excluding hydrogens is 308 g/mol. The molecule has 1 aliphatic rings. The zero-order valence-corrected chi connectivity index (χ0v) is 14.2. The van der Waals surface area contributed by atoms with E-state index >= 15 is 0 Å². The zero-order chi connectivity index (χ0) is 17.5. The van der Waals surface area contributed by atoms with Gasteiger partial charge in [-0.05, 0) is 24.7 Å². The van der Waals surface area contributed by atoms with E-state index in [0.29, 0.717) is 12.1 Å². The zero-order valence-electron chi connectivity index (χ0n) is 14.2. The van der Waals surface area contributed by atoms with Crippen molar-refractivity contribution in [1.82, 2.24) is 20.4 Å². The molecule has 0 radical (unpaired) electrons. The summed E-state index contributed by atoms with van der Waals surface area (Å²) in [7, 11) is 2.05. The van der Waals surface area contributed by atoms with Crippen LogP contribution in [0, 0.1) is 0 Å². The number of hydrogen-bond donors (Lipinski definition) is 2. The third kappa shape index (κ3) is 5.34. The number of carbonyl (C=O) groups is 3. The van der Waals surface area contributed by atoms with Gasteiger partial charge in [-0.3, -0.25) is 14.4 Å². The number of hydrogen-bond acceptors (Lipinski definition) is 4. The first kappa shape index (κ1) is 17.9. The second-order valence-electron chi connectivity index (χ2n) is 5.98. The molecular formula is C17H24N4O3. The van der Waals surface area contributed by atoms with E-state index in [2.05, 4.69) is 22.6 Å². The highest BCUT2D eigenvalue weighted by Crippen LogP contribution is 2.10. The Morgan fingerprint density at radius 2 is 1.62 bits per heavy atom. The van der Waals surface area contributed by atoms with Crippen molar-refractivity contribution in [3.8, 4) is 0 Å². The van der Waals surface area contributed by atoms with Crippen molar-refractivity contribution in [2.24, 2.45) is 0 Å². The molecule has 2 rings (SSSR count). The van der Waals surface area contributed by atoms with Gasteiger partial charge in [-0.2, -0.15) is 0 Å². The highest BCUT2D eigenvalue weighted by Gasteiger charge is 2.20. The fraction of sp³-hybridized carbons (Fsp3) is 0.471. The van der Waals surface area contributed by atoms with Crippen molar-refractivity contribution in [3.05, 3.63) is 35.4 Å². The van der Waals surface area contributed by atoms with Crippen molar-refractivity contribution < 1.29 is 14.4 Å². The maximum absolute atomic E-state index is 12.4. The van der Waals surface area contributed by atoms with Crippen LogP contribution in [0.2, 0.25) is 0 Å². The summed E-state index contributed by atoms with van der Waals surface area (Å²) in [6.45, 7) is 4.97. The van der Waals surface area contributed by atoms with E-state index in [1.54, 1.807) is 12.1 Å². The SMILES string of the molecule is CC(=O)NCC(=O)NCc1ccc(C(=O)N2CCN(C)CC2)cc1. The van der Waals surface area contributed by atoms with Gasteiger partial charge in [0.2, 0.25) is 11.8 Å². The molecule has 0 bridgehead atoms. The van der Waals surface area contributed by atoms with Gasteiger partial charge in [-0.1, -0.05) is 12.1 Å². The van der Waals surface area contributed by atoms with Crippen LogP contribution in [0.25, 0.3) is 0 Å². The molecule has 7 heteroatoms. The third-order valence-corrected chi connectivity index (χ3v) is 3.98. The van der Waals surface area contributed by atoms with E-state index in [0.717, 1.165) is 31.7 Å². The average Bonchev–Trinajstić information content (AvgIpc) is 2.58. The molecule has 24 heavy (non-hydrogen) atoms. The summed E-state index contributed by atoms with van der Waals surface area (Å²) in [5.74, 6) is -0.441. The summed E-state index contributed by atoms with van der Waals surface area (Å²) in [4.78, 5) is 38.8. The van der Waals surface area contributed by atoms with E-state index in [1.807, 2.05) is 17.0 Å². The van der Waals surface area contributed by atoms with Gasteiger partial charge < -0.3 is 20.4 Å². The Hall–Kier alpha value is -2.41. The fourth-order valence-corrected chi connectivity index (χ4v) is 2.43. The minimum atomic E-state index is -0.247. The lowest BCUT2D eigenvalue weighted by Gasteiger charge is -2.32. The molecule has 1 aromatic carbocycles. The quantitative estimate of drug-likeness (QED) is 0.784. The average molecular weight is 332 g/mol. The first-order valence-electron chi connectivity index (χ1n) is 8.03. The second-order valence-corrected chi connectivity index (χ2v) is 5.98. The molecule has 0 spiro atoms. The van der Waals surface area contributed by atoms with E-state index in [4.69, 9.17) is 0 Å². The number of rotatable bonds is 5. The Kier molecular flexibility index (Phi) is 6.31. The topological polar surface area (TPSA) is 81.8 Å². The smallest absolute Gasteiger partial charge is 0.253 e. The van der Waals surface area contributed by atoms with E-state index in [-0.39, 0.29) is 24.3 Å². The van der Waals surface area contributed by atoms with Crippen LogP contribution in [0.1, 0.15) is 22.8 Å². The molecule has 1 fully saturated rings. The number of likely N-dealkylation sites (N-methyl/N-ethyl adjacent to an activating group) is 1. The van der Waals surface area contributed by atoms with Crippen LogP contribution in [0.5, 0.6) is 0 Å². The van der Waals surface area contributed by atoms with Crippen LogP contribution in [0.3, 0.4) is 0 Å². The number of piperazine rings is 1. The number of nitrogens with one attached hydrogen (secondary N) is 2. The van der Waals surface area contributed by atoms with Crippen molar-refractivity contribution in [2.45, 2.75) is 13.5 Å². The van der Waals surface area contributed by atoms with Gasteiger partial charge in [0.1, 0.15) is 0 Å². The lowest BCUT2D eigenvalue weighted by Crippen LogP contribution is -2.47. The summed E-state index contributed by atoms with van der Waals surface area (Å²) in [6, 6.07) is 7.25. The predicted octanol–water partition coefficient (Wildman–Crippen LogP) is -0.173. The summed E-state index contributed by atoms with van der Waals surface area (Å²) >= 11 is 0. The van der Waals surface area contributed by atoms with Crippen LogP contribution in [-0.4, -0.2) is 67.3 Å². The molecule has 2 N–H and O–H groups in total. The van der Waals surface area contributed by atoms with Crippen LogP contribution >= 0.6 is 0 Å².